The van der Waals surface area contributed by atoms with Crippen molar-refractivity contribution in [3.8, 4) is 23.0 Å². The quantitative estimate of drug-likeness (QED) is 0.229. The summed E-state index contributed by atoms with van der Waals surface area (Å²) >= 11 is 0. The number of ether oxygens (including phenoxy) is 4. The minimum atomic E-state index is -0.911. The molecule has 0 aliphatic carbocycles. The van der Waals surface area contributed by atoms with Gasteiger partial charge in [-0.05, 0) is 63.6 Å². The number of hydrogen-bond donors (Lipinski definition) is 3. The SMILES string of the molecule is CO[C@@H]1CC[C@H](Oc2ccc3c(O)c(NC(=O)c4ccc(CN)c(Oc5ccccc5)c4)c(=O)oc3c2C)OC1(C)C. The van der Waals surface area contributed by atoms with E-state index in [0.29, 0.717) is 34.8 Å². The Balaban J connectivity index is 1.39. The van der Waals surface area contributed by atoms with Crippen molar-refractivity contribution in [2.24, 2.45) is 5.73 Å². The van der Waals surface area contributed by atoms with Gasteiger partial charge in [0.05, 0.1) is 17.1 Å². The van der Waals surface area contributed by atoms with E-state index in [0.717, 1.165) is 6.42 Å². The fourth-order valence-electron chi connectivity index (χ4n) is 5.10. The summed E-state index contributed by atoms with van der Waals surface area (Å²) in [5.74, 6) is 0.374. The van der Waals surface area contributed by atoms with Crippen molar-refractivity contribution in [2.45, 2.75) is 58.2 Å². The number of benzene rings is 3. The van der Waals surface area contributed by atoms with Gasteiger partial charge in [0.15, 0.2) is 11.4 Å². The van der Waals surface area contributed by atoms with Gasteiger partial charge in [-0.15, -0.1) is 0 Å². The van der Waals surface area contributed by atoms with Crippen molar-refractivity contribution < 1.29 is 33.3 Å². The lowest BCUT2D eigenvalue weighted by Gasteiger charge is -2.41. The molecule has 1 aliphatic rings. The number of para-hydroxylation sites is 1. The van der Waals surface area contributed by atoms with Gasteiger partial charge in [-0.25, -0.2) is 4.79 Å². The van der Waals surface area contributed by atoms with E-state index in [-0.39, 0.29) is 34.9 Å². The molecule has 0 radical (unpaired) electrons. The number of amides is 1. The molecule has 0 unspecified atom stereocenters. The second kappa shape index (κ2) is 11.8. The summed E-state index contributed by atoms with van der Waals surface area (Å²) < 4.78 is 29.2. The molecule has 1 aliphatic heterocycles. The molecule has 1 saturated heterocycles. The molecule has 5 rings (SSSR count). The van der Waals surface area contributed by atoms with E-state index in [4.69, 9.17) is 29.1 Å². The van der Waals surface area contributed by atoms with Gasteiger partial charge in [0.2, 0.25) is 6.29 Å². The van der Waals surface area contributed by atoms with E-state index in [1.807, 2.05) is 32.0 Å². The van der Waals surface area contributed by atoms with E-state index < -0.39 is 29.2 Å². The lowest BCUT2D eigenvalue weighted by molar-refractivity contribution is -0.233. The average molecular weight is 575 g/mol. The van der Waals surface area contributed by atoms with Crippen LogP contribution in [0.1, 0.15) is 48.2 Å². The van der Waals surface area contributed by atoms with Gasteiger partial charge in [-0.3, -0.25) is 4.79 Å². The first kappa shape index (κ1) is 29.1. The summed E-state index contributed by atoms with van der Waals surface area (Å²) in [6, 6.07) is 17.1. The molecule has 42 heavy (non-hydrogen) atoms. The molecule has 2 atom stereocenters. The zero-order valence-corrected chi connectivity index (χ0v) is 23.9. The zero-order valence-electron chi connectivity index (χ0n) is 23.9. The van der Waals surface area contributed by atoms with Crippen molar-refractivity contribution in [1.82, 2.24) is 0 Å². The Hall–Kier alpha value is -4.38. The standard InChI is InChI=1S/C32H34N2O8/c1-18-23(40-26-15-14-25(38-4)32(2,3)42-26)13-12-22-28(35)27(31(37)41-29(18)22)34-30(36)19-10-11-20(17-33)24(16-19)39-21-8-6-5-7-9-21/h5-13,16,25-26,35H,14-15,17,33H2,1-4H3,(H,34,36)/t25-,26-/m1/s1. The maximum atomic E-state index is 13.2. The Kier molecular flexibility index (Phi) is 8.22. The fourth-order valence-corrected chi connectivity index (χ4v) is 5.10. The highest BCUT2D eigenvalue weighted by molar-refractivity contribution is 6.06. The Morgan fingerprint density at radius 2 is 1.86 bits per heavy atom. The highest BCUT2D eigenvalue weighted by atomic mass is 16.7. The Bertz CT molecular complexity index is 1670. The molecule has 4 aromatic rings. The number of carbonyl (C=O) groups is 1. The van der Waals surface area contributed by atoms with Crippen LogP contribution in [0.3, 0.4) is 0 Å². The predicted molar refractivity (Wildman–Crippen MR) is 157 cm³/mol. The Morgan fingerprint density at radius 1 is 1.10 bits per heavy atom. The lowest BCUT2D eigenvalue weighted by atomic mass is 9.94. The van der Waals surface area contributed by atoms with E-state index in [1.54, 1.807) is 50.4 Å². The first-order valence-corrected chi connectivity index (χ1v) is 13.6. The minimum Gasteiger partial charge on any atom is -0.505 e. The molecule has 3 aromatic carbocycles. The number of nitrogens with two attached hydrogens (primary N) is 1. The van der Waals surface area contributed by atoms with Crippen LogP contribution in [0, 0.1) is 6.92 Å². The number of nitrogens with one attached hydrogen (secondary N) is 1. The maximum Gasteiger partial charge on any atom is 0.364 e. The monoisotopic (exact) mass is 574 g/mol. The second-order valence-electron chi connectivity index (χ2n) is 10.6. The summed E-state index contributed by atoms with van der Waals surface area (Å²) in [6.07, 6.45) is 0.793. The van der Waals surface area contributed by atoms with Crippen LogP contribution in [0.4, 0.5) is 5.69 Å². The molecule has 0 bridgehead atoms. The zero-order chi connectivity index (χ0) is 30.0. The fraction of sp³-hybridized carbons (Fsp3) is 0.312. The number of aryl methyl sites for hydroxylation is 1. The number of hydrogen-bond acceptors (Lipinski definition) is 9. The van der Waals surface area contributed by atoms with Gasteiger partial charge in [0.1, 0.15) is 22.8 Å². The van der Waals surface area contributed by atoms with Gasteiger partial charge in [-0.1, -0.05) is 24.3 Å². The topological polar surface area (TPSA) is 142 Å². The molecule has 1 fully saturated rings. The van der Waals surface area contributed by atoms with Gasteiger partial charge < -0.3 is 39.5 Å². The third-order valence-corrected chi connectivity index (χ3v) is 7.42. The van der Waals surface area contributed by atoms with Crippen LogP contribution < -0.4 is 26.1 Å². The number of anilines is 1. The van der Waals surface area contributed by atoms with Crippen LogP contribution in [0.5, 0.6) is 23.0 Å². The minimum absolute atomic E-state index is 0.0553. The van der Waals surface area contributed by atoms with E-state index >= 15 is 0 Å². The van der Waals surface area contributed by atoms with Crippen LogP contribution in [0.15, 0.2) is 69.9 Å². The van der Waals surface area contributed by atoms with Crippen molar-refractivity contribution in [1.29, 1.82) is 0 Å². The van der Waals surface area contributed by atoms with Crippen LogP contribution in [-0.4, -0.2) is 36.1 Å². The summed E-state index contributed by atoms with van der Waals surface area (Å²) in [4.78, 5) is 26.1. The first-order chi connectivity index (χ1) is 20.1. The smallest absolute Gasteiger partial charge is 0.364 e. The predicted octanol–water partition coefficient (Wildman–Crippen LogP) is 5.62. The highest BCUT2D eigenvalue weighted by Crippen LogP contribution is 2.38. The average Bonchev–Trinajstić information content (AvgIpc) is 2.97. The summed E-state index contributed by atoms with van der Waals surface area (Å²) in [5, 5.41) is 13.8. The van der Waals surface area contributed by atoms with Crippen molar-refractivity contribution >= 4 is 22.6 Å². The summed E-state index contributed by atoms with van der Waals surface area (Å²) in [7, 11) is 1.66. The number of rotatable bonds is 8. The van der Waals surface area contributed by atoms with Gasteiger partial charge in [0.25, 0.3) is 5.91 Å². The molecule has 2 heterocycles. The molecule has 220 valence electrons. The molecule has 1 aromatic heterocycles. The number of fused-ring (bicyclic) bond motifs is 1. The first-order valence-electron chi connectivity index (χ1n) is 13.6. The lowest BCUT2D eigenvalue weighted by Crippen LogP contribution is -2.49. The van der Waals surface area contributed by atoms with Crippen LogP contribution in [0.2, 0.25) is 0 Å². The van der Waals surface area contributed by atoms with Crippen molar-refractivity contribution in [2.75, 3.05) is 12.4 Å². The number of aromatic hydroxyl groups is 1. The molecular weight excluding hydrogens is 540 g/mol. The molecule has 10 heteroatoms. The second-order valence-corrected chi connectivity index (χ2v) is 10.6. The number of carbonyl (C=O) groups excluding carboxylic acids is 1. The Morgan fingerprint density at radius 3 is 2.55 bits per heavy atom. The van der Waals surface area contributed by atoms with Gasteiger partial charge in [-0.2, -0.15) is 0 Å². The van der Waals surface area contributed by atoms with E-state index in [9.17, 15) is 14.7 Å². The van der Waals surface area contributed by atoms with Crippen LogP contribution >= 0.6 is 0 Å². The molecule has 4 N–H and O–H groups in total. The highest BCUT2D eigenvalue weighted by Gasteiger charge is 2.39. The maximum absolute atomic E-state index is 13.2. The molecule has 0 saturated carbocycles. The molecule has 1 amide bonds. The van der Waals surface area contributed by atoms with Gasteiger partial charge in [0, 0.05) is 36.8 Å². The third-order valence-electron chi connectivity index (χ3n) is 7.42. The van der Waals surface area contributed by atoms with E-state index in [1.165, 1.54) is 6.07 Å². The van der Waals surface area contributed by atoms with Crippen LogP contribution in [-0.2, 0) is 16.0 Å². The Labute approximate surface area is 243 Å². The summed E-state index contributed by atoms with van der Waals surface area (Å²) in [5.41, 5.74) is 5.56. The van der Waals surface area contributed by atoms with Crippen molar-refractivity contribution in [3.63, 3.8) is 0 Å². The molecular formula is C32H34N2O8. The normalized spacial score (nSPS) is 18.0. The van der Waals surface area contributed by atoms with Crippen LogP contribution in [0.25, 0.3) is 11.0 Å². The van der Waals surface area contributed by atoms with Crippen molar-refractivity contribution in [3.05, 3.63) is 87.8 Å². The third kappa shape index (κ3) is 5.82. The van der Waals surface area contributed by atoms with Gasteiger partial charge >= 0.3 is 5.63 Å². The number of methoxy groups -OCH3 is 1. The molecule has 0 spiro atoms. The summed E-state index contributed by atoms with van der Waals surface area (Å²) in [6.45, 7) is 5.81. The molecule has 10 nitrogen and oxygen atoms in total. The largest absolute Gasteiger partial charge is 0.505 e. The van der Waals surface area contributed by atoms with E-state index in [2.05, 4.69) is 5.32 Å².